The summed E-state index contributed by atoms with van der Waals surface area (Å²) in [6, 6.07) is 0. The molecule has 0 atom stereocenters. The Bertz CT molecular complexity index is 376. The number of nitrogens with one attached hydrogen (secondary N) is 1. The predicted molar refractivity (Wildman–Crippen MR) is 72.7 cm³/mol. The Hall–Kier alpha value is -0.490. The van der Waals surface area contributed by atoms with Crippen molar-refractivity contribution in [2.75, 3.05) is 23.9 Å². The highest BCUT2D eigenvalue weighted by Crippen LogP contribution is 2.43. The maximum atomic E-state index is 5.70. The van der Waals surface area contributed by atoms with Crippen molar-refractivity contribution in [3.8, 4) is 0 Å². The Kier molecular flexibility index (Phi) is 3.59. The lowest BCUT2D eigenvalue weighted by atomic mass is 9.84. The minimum atomic E-state index is 0.388. The molecule has 0 aliphatic heterocycles. The molecule has 16 heavy (non-hydrogen) atoms. The fourth-order valence-corrected chi connectivity index (χ4v) is 3.03. The number of aromatic nitrogens is 2. The number of anilines is 2. The number of halogens is 1. The van der Waals surface area contributed by atoms with Crippen molar-refractivity contribution >= 4 is 39.3 Å². The van der Waals surface area contributed by atoms with E-state index in [4.69, 9.17) is 5.73 Å². The number of thioether (sulfide) groups is 1. The summed E-state index contributed by atoms with van der Waals surface area (Å²) in [5, 5.41) is 3.35. The van der Waals surface area contributed by atoms with E-state index in [1.54, 1.807) is 0 Å². The smallest absolute Gasteiger partial charge is 0.145 e. The largest absolute Gasteiger partial charge is 0.383 e. The van der Waals surface area contributed by atoms with Gasteiger partial charge in [-0.05, 0) is 35.0 Å². The SMILES string of the molecule is CSC1(CNc2ncnc(N)c2Br)CCC1. The van der Waals surface area contributed by atoms with Gasteiger partial charge in [0.1, 0.15) is 22.4 Å². The Morgan fingerprint density at radius 3 is 2.88 bits per heavy atom. The molecule has 1 heterocycles. The van der Waals surface area contributed by atoms with E-state index in [0.29, 0.717) is 10.6 Å². The lowest BCUT2D eigenvalue weighted by molar-refractivity contribution is 0.379. The van der Waals surface area contributed by atoms with Crippen molar-refractivity contribution in [3.63, 3.8) is 0 Å². The molecule has 0 spiro atoms. The number of nitrogens with zero attached hydrogens (tertiary/aromatic N) is 2. The topological polar surface area (TPSA) is 63.8 Å². The van der Waals surface area contributed by atoms with Crippen LogP contribution in [0, 0.1) is 0 Å². The van der Waals surface area contributed by atoms with E-state index in [1.807, 2.05) is 11.8 Å². The van der Waals surface area contributed by atoms with Crippen LogP contribution in [0.2, 0.25) is 0 Å². The van der Waals surface area contributed by atoms with Crippen molar-refractivity contribution in [2.45, 2.75) is 24.0 Å². The number of nitrogens with two attached hydrogens (primary N) is 1. The minimum Gasteiger partial charge on any atom is -0.383 e. The van der Waals surface area contributed by atoms with Gasteiger partial charge < -0.3 is 11.1 Å². The molecular formula is C10H15BrN4S. The van der Waals surface area contributed by atoms with Crippen LogP contribution >= 0.6 is 27.7 Å². The van der Waals surface area contributed by atoms with Gasteiger partial charge in [0.2, 0.25) is 0 Å². The minimum absolute atomic E-state index is 0.388. The Labute approximate surface area is 108 Å². The van der Waals surface area contributed by atoms with Gasteiger partial charge in [0.15, 0.2) is 0 Å². The van der Waals surface area contributed by atoms with Crippen molar-refractivity contribution in [1.82, 2.24) is 9.97 Å². The molecule has 0 bridgehead atoms. The van der Waals surface area contributed by atoms with Crippen LogP contribution in [0.5, 0.6) is 0 Å². The van der Waals surface area contributed by atoms with E-state index in [-0.39, 0.29) is 0 Å². The summed E-state index contributed by atoms with van der Waals surface area (Å²) in [5.74, 6) is 1.26. The summed E-state index contributed by atoms with van der Waals surface area (Å²) in [7, 11) is 0. The molecule has 0 saturated heterocycles. The predicted octanol–water partition coefficient (Wildman–Crippen LogP) is 2.52. The molecule has 88 valence electrons. The summed E-state index contributed by atoms with van der Waals surface area (Å²) in [6.07, 6.45) is 7.54. The van der Waals surface area contributed by atoms with E-state index >= 15 is 0 Å². The average molecular weight is 303 g/mol. The first-order chi connectivity index (χ1) is 7.67. The summed E-state index contributed by atoms with van der Waals surface area (Å²) in [5.41, 5.74) is 5.70. The third-order valence-electron chi connectivity index (χ3n) is 3.09. The average Bonchev–Trinajstić information content (AvgIpc) is 2.23. The highest BCUT2D eigenvalue weighted by molar-refractivity contribution is 9.10. The molecular weight excluding hydrogens is 288 g/mol. The van der Waals surface area contributed by atoms with Gasteiger partial charge in [-0.25, -0.2) is 9.97 Å². The summed E-state index contributed by atoms with van der Waals surface area (Å²) in [4.78, 5) is 8.09. The summed E-state index contributed by atoms with van der Waals surface area (Å²) >= 11 is 5.33. The first kappa shape index (κ1) is 12.0. The fourth-order valence-electron chi connectivity index (χ4n) is 1.78. The van der Waals surface area contributed by atoms with Crippen LogP contribution in [-0.4, -0.2) is 27.5 Å². The molecule has 0 aromatic carbocycles. The van der Waals surface area contributed by atoms with Gasteiger partial charge in [-0.3, -0.25) is 0 Å². The van der Waals surface area contributed by atoms with Crippen molar-refractivity contribution < 1.29 is 0 Å². The van der Waals surface area contributed by atoms with E-state index in [2.05, 4.69) is 37.5 Å². The second-order valence-electron chi connectivity index (χ2n) is 4.02. The third kappa shape index (κ3) is 2.27. The number of nitrogen functional groups attached to an aromatic ring is 1. The number of hydrogen-bond acceptors (Lipinski definition) is 5. The monoisotopic (exact) mass is 302 g/mol. The quantitative estimate of drug-likeness (QED) is 0.895. The second kappa shape index (κ2) is 4.79. The number of hydrogen-bond donors (Lipinski definition) is 2. The molecule has 0 amide bonds. The molecule has 1 aromatic heterocycles. The van der Waals surface area contributed by atoms with Crippen LogP contribution in [0.15, 0.2) is 10.8 Å². The Balaban J connectivity index is 2.02. The van der Waals surface area contributed by atoms with E-state index < -0.39 is 0 Å². The molecule has 1 aliphatic rings. The molecule has 3 N–H and O–H groups in total. The zero-order chi connectivity index (χ0) is 11.6. The van der Waals surface area contributed by atoms with E-state index in [0.717, 1.165) is 16.8 Å². The van der Waals surface area contributed by atoms with Gasteiger partial charge in [-0.2, -0.15) is 11.8 Å². The van der Waals surface area contributed by atoms with Gasteiger partial charge in [0.05, 0.1) is 0 Å². The molecule has 1 aromatic rings. The van der Waals surface area contributed by atoms with Crippen LogP contribution in [-0.2, 0) is 0 Å². The van der Waals surface area contributed by atoms with Crippen molar-refractivity contribution in [1.29, 1.82) is 0 Å². The van der Waals surface area contributed by atoms with Gasteiger partial charge in [-0.15, -0.1) is 0 Å². The Morgan fingerprint density at radius 1 is 1.56 bits per heavy atom. The van der Waals surface area contributed by atoms with Crippen molar-refractivity contribution in [2.24, 2.45) is 0 Å². The first-order valence-corrected chi connectivity index (χ1v) is 7.24. The normalized spacial score (nSPS) is 17.9. The van der Waals surface area contributed by atoms with Crippen LogP contribution in [0.1, 0.15) is 19.3 Å². The van der Waals surface area contributed by atoms with Crippen LogP contribution < -0.4 is 11.1 Å². The second-order valence-corrected chi connectivity index (χ2v) is 6.08. The molecule has 4 nitrogen and oxygen atoms in total. The maximum Gasteiger partial charge on any atom is 0.145 e. The molecule has 0 unspecified atom stereocenters. The Morgan fingerprint density at radius 2 is 2.31 bits per heavy atom. The summed E-state index contributed by atoms with van der Waals surface area (Å²) in [6.45, 7) is 0.934. The highest BCUT2D eigenvalue weighted by Gasteiger charge is 2.36. The lowest BCUT2D eigenvalue weighted by Crippen LogP contribution is -2.40. The van der Waals surface area contributed by atoms with E-state index in [1.165, 1.54) is 25.6 Å². The van der Waals surface area contributed by atoms with E-state index in [9.17, 15) is 0 Å². The van der Waals surface area contributed by atoms with Gasteiger partial charge in [-0.1, -0.05) is 6.42 Å². The fraction of sp³-hybridized carbons (Fsp3) is 0.600. The zero-order valence-electron chi connectivity index (χ0n) is 9.16. The van der Waals surface area contributed by atoms with Gasteiger partial charge in [0, 0.05) is 11.3 Å². The van der Waals surface area contributed by atoms with Gasteiger partial charge in [0.25, 0.3) is 0 Å². The van der Waals surface area contributed by atoms with Gasteiger partial charge >= 0.3 is 0 Å². The molecule has 6 heteroatoms. The lowest BCUT2D eigenvalue weighted by Gasteiger charge is -2.40. The highest BCUT2D eigenvalue weighted by atomic mass is 79.9. The van der Waals surface area contributed by atoms with Crippen LogP contribution in [0.25, 0.3) is 0 Å². The number of rotatable bonds is 4. The van der Waals surface area contributed by atoms with Crippen LogP contribution in [0.4, 0.5) is 11.6 Å². The van der Waals surface area contributed by atoms with Crippen molar-refractivity contribution in [3.05, 3.63) is 10.8 Å². The standard InChI is InChI=1S/C10H15BrN4S/c1-16-10(3-2-4-10)5-13-9-7(11)8(12)14-6-15-9/h6H,2-5H2,1H3,(H3,12,13,14,15). The maximum absolute atomic E-state index is 5.70. The van der Waals surface area contributed by atoms with Crippen LogP contribution in [0.3, 0.4) is 0 Å². The summed E-state index contributed by atoms with van der Waals surface area (Å²) < 4.78 is 1.14. The molecule has 2 rings (SSSR count). The zero-order valence-corrected chi connectivity index (χ0v) is 11.6. The third-order valence-corrected chi connectivity index (χ3v) is 5.29. The molecule has 1 fully saturated rings. The molecule has 0 radical (unpaired) electrons. The first-order valence-electron chi connectivity index (χ1n) is 5.22. The molecule has 1 saturated carbocycles. The molecule has 1 aliphatic carbocycles.